The van der Waals surface area contributed by atoms with Crippen molar-refractivity contribution >= 4 is 5.91 Å². The van der Waals surface area contributed by atoms with Crippen LogP contribution in [-0.2, 0) is 14.3 Å². The van der Waals surface area contributed by atoms with Crippen LogP contribution in [-0.4, -0.2) is 87.4 Å². The monoisotopic (exact) mass is 311 g/mol. The summed E-state index contributed by atoms with van der Waals surface area (Å²) in [6.07, 6.45) is 2.94. The normalized spacial score (nSPS) is 28.7. The van der Waals surface area contributed by atoms with Gasteiger partial charge in [0.1, 0.15) is 0 Å². The Morgan fingerprint density at radius 2 is 1.82 bits per heavy atom. The van der Waals surface area contributed by atoms with Crippen molar-refractivity contribution in [2.75, 3.05) is 65.7 Å². The standard InChI is InChI=1S/C16H29N3O3/c20-16(11-15-13-22-10-3-17-15)19-6-4-18(5-7-19)12-14-1-8-21-9-2-14/h14-15,17H,1-13H2. The summed E-state index contributed by atoms with van der Waals surface area (Å²) < 4.78 is 10.8. The zero-order valence-corrected chi connectivity index (χ0v) is 13.5. The van der Waals surface area contributed by atoms with Crippen LogP contribution in [0.4, 0.5) is 0 Å². The summed E-state index contributed by atoms with van der Waals surface area (Å²) in [5.41, 5.74) is 0. The van der Waals surface area contributed by atoms with Crippen LogP contribution in [0.3, 0.4) is 0 Å². The fourth-order valence-electron chi connectivity index (χ4n) is 3.56. The smallest absolute Gasteiger partial charge is 0.224 e. The number of nitrogens with zero attached hydrogens (tertiary/aromatic N) is 2. The van der Waals surface area contributed by atoms with Crippen molar-refractivity contribution in [2.45, 2.75) is 25.3 Å². The summed E-state index contributed by atoms with van der Waals surface area (Å²) in [5.74, 6) is 1.05. The average molecular weight is 311 g/mol. The van der Waals surface area contributed by atoms with E-state index in [-0.39, 0.29) is 11.9 Å². The van der Waals surface area contributed by atoms with Crippen LogP contribution in [0.25, 0.3) is 0 Å². The highest BCUT2D eigenvalue weighted by molar-refractivity contribution is 5.77. The Hall–Kier alpha value is -0.690. The third kappa shape index (κ3) is 4.65. The lowest BCUT2D eigenvalue weighted by Gasteiger charge is -2.37. The van der Waals surface area contributed by atoms with Gasteiger partial charge in [0.15, 0.2) is 0 Å². The molecule has 0 aromatic heterocycles. The number of morpholine rings is 1. The van der Waals surface area contributed by atoms with Crippen LogP contribution < -0.4 is 5.32 Å². The Balaban J connectivity index is 1.36. The summed E-state index contributed by atoms with van der Waals surface area (Å²) >= 11 is 0. The summed E-state index contributed by atoms with van der Waals surface area (Å²) in [5, 5.41) is 3.36. The third-order valence-electron chi connectivity index (χ3n) is 5.00. The molecule has 3 saturated heterocycles. The Morgan fingerprint density at radius 1 is 1.05 bits per heavy atom. The quantitative estimate of drug-likeness (QED) is 0.788. The van der Waals surface area contributed by atoms with E-state index in [1.165, 1.54) is 19.4 Å². The molecule has 0 aromatic rings. The molecule has 6 nitrogen and oxygen atoms in total. The fraction of sp³-hybridized carbons (Fsp3) is 0.938. The van der Waals surface area contributed by atoms with Crippen LogP contribution in [0, 0.1) is 5.92 Å². The second kappa shape index (κ2) is 8.24. The minimum Gasteiger partial charge on any atom is -0.381 e. The maximum Gasteiger partial charge on any atom is 0.224 e. The number of piperazine rings is 1. The molecule has 22 heavy (non-hydrogen) atoms. The van der Waals surface area contributed by atoms with E-state index in [1.54, 1.807) is 0 Å². The lowest BCUT2D eigenvalue weighted by Crippen LogP contribution is -2.52. The molecule has 0 bridgehead atoms. The van der Waals surface area contributed by atoms with Gasteiger partial charge in [-0.1, -0.05) is 0 Å². The van der Waals surface area contributed by atoms with Crippen LogP contribution in [0.15, 0.2) is 0 Å². The van der Waals surface area contributed by atoms with Crippen molar-refractivity contribution in [3.63, 3.8) is 0 Å². The zero-order valence-electron chi connectivity index (χ0n) is 13.5. The van der Waals surface area contributed by atoms with Gasteiger partial charge in [-0.25, -0.2) is 0 Å². The van der Waals surface area contributed by atoms with Gasteiger partial charge in [0, 0.05) is 64.9 Å². The summed E-state index contributed by atoms with van der Waals surface area (Å²) in [6.45, 7) is 9.05. The van der Waals surface area contributed by atoms with E-state index in [0.29, 0.717) is 13.0 Å². The summed E-state index contributed by atoms with van der Waals surface area (Å²) in [7, 11) is 0. The zero-order chi connectivity index (χ0) is 15.2. The maximum atomic E-state index is 12.4. The highest BCUT2D eigenvalue weighted by Gasteiger charge is 2.26. The molecule has 6 heteroatoms. The van der Waals surface area contributed by atoms with Crippen molar-refractivity contribution in [3.05, 3.63) is 0 Å². The molecule has 0 saturated carbocycles. The Morgan fingerprint density at radius 3 is 2.50 bits per heavy atom. The molecule has 1 N–H and O–H groups in total. The van der Waals surface area contributed by atoms with Gasteiger partial charge in [0.2, 0.25) is 5.91 Å². The predicted octanol–water partition coefficient (Wildman–Crippen LogP) is -0.0643. The molecule has 1 atom stereocenters. The van der Waals surface area contributed by atoms with E-state index in [1.807, 2.05) is 4.90 Å². The molecule has 3 aliphatic rings. The van der Waals surface area contributed by atoms with Crippen LogP contribution in [0.1, 0.15) is 19.3 Å². The number of rotatable bonds is 4. The highest BCUT2D eigenvalue weighted by atomic mass is 16.5. The molecule has 0 spiro atoms. The topological polar surface area (TPSA) is 54.0 Å². The first-order chi connectivity index (χ1) is 10.8. The predicted molar refractivity (Wildman–Crippen MR) is 83.8 cm³/mol. The molecule has 0 radical (unpaired) electrons. The van der Waals surface area contributed by atoms with Crippen LogP contribution in [0.5, 0.6) is 0 Å². The lowest BCUT2D eigenvalue weighted by molar-refractivity contribution is -0.134. The first-order valence-electron chi connectivity index (χ1n) is 8.70. The fourth-order valence-corrected chi connectivity index (χ4v) is 3.56. The molecule has 3 fully saturated rings. The van der Waals surface area contributed by atoms with E-state index in [4.69, 9.17) is 9.47 Å². The minimum atomic E-state index is 0.196. The molecule has 126 valence electrons. The first kappa shape index (κ1) is 16.2. The number of hydrogen-bond acceptors (Lipinski definition) is 5. The van der Waals surface area contributed by atoms with Gasteiger partial charge in [-0.05, 0) is 18.8 Å². The number of hydrogen-bond donors (Lipinski definition) is 1. The Labute approximate surface area is 133 Å². The van der Waals surface area contributed by atoms with Crippen molar-refractivity contribution in [1.29, 1.82) is 0 Å². The number of nitrogens with one attached hydrogen (secondary N) is 1. The number of ether oxygens (including phenoxy) is 2. The summed E-state index contributed by atoms with van der Waals surface area (Å²) in [4.78, 5) is 16.9. The van der Waals surface area contributed by atoms with Crippen molar-refractivity contribution in [2.24, 2.45) is 5.92 Å². The van der Waals surface area contributed by atoms with Gasteiger partial charge in [-0.3, -0.25) is 9.69 Å². The SMILES string of the molecule is O=C(CC1COCCN1)N1CCN(CC2CCOCC2)CC1. The Bertz CT molecular complexity index is 347. The number of amides is 1. The van der Waals surface area contributed by atoms with Crippen molar-refractivity contribution < 1.29 is 14.3 Å². The van der Waals surface area contributed by atoms with Crippen LogP contribution >= 0.6 is 0 Å². The first-order valence-corrected chi connectivity index (χ1v) is 8.70. The molecule has 0 aliphatic carbocycles. The molecule has 3 rings (SSSR count). The molecule has 1 amide bonds. The van der Waals surface area contributed by atoms with Gasteiger partial charge in [0.25, 0.3) is 0 Å². The van der Waals surface area contributed by atoms with E-state index in [0.717, 1.165) is 58.5 Å². The van der Waals surface area contributed by atoms with E-state index in [9.17, 15) is 4.79 Å². The molecule has 0 aromatic carbocycles. The van der Waals surface area contributed by atoms with Crippen molar-refractivity contribution in [3.8, 4) is 0 Å². The largest absolute Gasteiger partial charge is 0.381 e. The average Bonchev–Trinajstić information content (AvgIpc) is 2.57. The molecular formula is C16H29N3O3. The maximum absolute atomic E-state index is 12.4. The molecule has 1 unspecified atom stereocenters. The number of carbonyl (C=O) groups excluding carboxylic acids is 1. The van der Waals surface area contributed by atoms with Gasteiger partial charge < -0.3 is 19.7 Å². The van der Waals surface area contributed by atoms with Crippen molar-refractivity contribution in [1.82, 2.24) is 15.1 Å². The van der Waals surface area contributed by atoms with Gasteiger partial charge in [0.05, 0.1) is 13.2 Å². The van der Waals surface area contributed by atoms with Gasteiger partial charge in [-0.2, -0.15) is 0 Å². The van der Waals surface area contributed by atoms with E-state index >= 15 is 0 Å². The Kier molecular flexibility index (Phi) is 6.06. The van der Waals surface area contributed by atoms with E-state index in [2.05, 4.69) is 10.2 Å². The minimum absolute atomic E-state index is 0.196. The second-order valence-corrected chi connectivity index (χ2v) is 6.67. The lowest BCUT2D eigenvalue weighted by atomic mass is 9.99. The molecular weight excluding hydrogens is 282 g/mol. The third-order valence-corrected chi connectivity index (χ3v) is 5.00. The summed E-state index contributed by atoms with van der Waals surface area (Å²) in [6, 6.07) is 0.196. The molecule has 3 aliphatic heterocycles. The van der Waals surface area contributed by atoms with Crippen LogP contribution in [0.2, 0.25) is 0 Å². The van der Waals surface area contributed by atoms with E-state index < -0.39 is 0 Å². The highest BCUT2D eigenvalue weighted by Crippen LogP contribution is 2.17. The molecule has 3 heterocycles. The van der Waals surface area contributed by atoms with Gasteiger partial charge >= 0.3 is 0 Å². The number of carbonyl (C=O) groups is 1. The van der Waals surface area contributed by atoms with Gasteiger partial charge in [-0.15, -0.1) is 0 Å². The second-order valence-electron chi connectivity index (χ2n) is 6.67.